The predicted octanol–water partition coefficient (Wildman–Crippen LogP) is 3.56. The summed E-state index contributed by atoms with van der Waals surface area (Å²) in [4.78, 5) is 0. The van der Waals surface area contributed by atoms with E-state index >= 15 is 0 Å². The van der Waals surface area contributed by atoms with Gasteiger partial charge in [-0.05, 0) is 31.2 Å². The van der Waals surface area contributed by atoms with Gasteiger partial charge >= 0.3 is 0 Å². The van der Waals surface area contributed by atoms with E-state index in [4.69, 9.17) is 13.7 Å². The van der Waals surface area contributed by atoms with Gasteiger partial charge in [-0.25, -0.2) is 4.68 Å². The van der Waals surface area contributed by atoms with Gasteiger partial charge in [-0.3, -0.25) is 0 Å². The number of aryl methyl sites for hydroxylation is 1. The van der Waals surface area contributed by atoms with Gasteiger partial charge in [-0.2, -0.15) is 0 Å². The van der Waals surface area contributed by atoms with Crippen LogP contribution >= 0.6 is 0 Å². The van der Waals surface area contributed by atoms with Crippen LogP contribution in [0.4, 0.5) is 0 Å². The molecule has 0 atom stereocenters. The molecular formula is C18H16N4O3. The molecule has 4 rings (SSSR count). The first-order valence-electron chi connectivity index (χ1n) is 7.79. The number of para-hydroxylation sites is 1. The topological polar surface area (TPSA) is 79.1 Å². The third kappa shape index (κ3) is 3.03. The minimum atomic E-state index is 0.425. The zero-order valence-electron chi connectivity index (χ0n) is 13.8. The van der Waals surface area contributed by atoms with Crippen LogP contribution in [-0.2, 0) is 6.54 Å². The zero-order chi connectivity index (χ0) is 17.2. The van der Waals surface area contributed by atoms with E-state index in [0.717, 1.165) is 22.8 Å². The Balaban J connectivity index is 1.55. The number of benzene rings is 1. The highest BCUT2D eigenvalue weighted by Gasteiger charge is 2.13. The third-order valence-electron chi connectivity index (χ3n) is 3.79. The van der Waals surface area contributed by atoms with Crippen molar-refractivity contribution < 1.29 is 13.7 Å². The minimum absolute atomic E-state index is 0.425. The van der Waals surface area contributed by atoms with Crippen molar-refractivity contribution in [2.24, 2.45) is 0 Å². The van der Waals surface area contributed by atoms with E-state index in [1.807, 2.05) is 55.6 Å². The molecule has 7 nitrogen and oxygen atoms in total. The molecule has 0 radical (unpaired) electrons. The zero-order valence-corrected chi connectivity index (χ0v) is 13.8. The Hall–Kier alpha value is -3.35. The number of aromatic nitrogens is 4. The van der Waals surface area contributed by atoms with Gasteiger partial charge in [-0.15, -0.1) is 5.10 Å². The molecule has 0 unspecified atom stereocenters. The van der Waals surface area contributed by atoms with Crippen molar-refractivity contribution >= 4 is 0 Å². The summed E-state index contributed by atoms with van der Waals surface area (Å²) in [5, 5.41) is 12.4. The molecule has 7 heteroatoms. The van der Waals surface area contributed by atoms with Crippen molar-refractivity contribution in [3.8, 4) is 28.5 Å². The normalized spacial score (nSPS) is 11.0. The molecule has 3 aromatic heterocycles. The largest absolute Gasteiger partial charge is 0.496 e. The summed E-state index contributed by atoms with van der Waals surface area (Å²) < 4.78 is 18.0. The Morgan fingerprint density at radius 3 is 2.80 bits per heavy atom. The lowest BCUT2D eigenvalue weighted by Gasteiger charge is -2.03. The molecule has 0 saturated carbocycles. The van der Waals surface area contributed by atoms with Gasteiger partial charge in [0.1, 0.15) is 29.4 Å². The fraction of sp³-hybridized carbons (Fsp3) is 0.167. The van der Waals surface area contributed by atoms with Crippen LogP contribution in [0.3, 0.4) is 0 Å². The number of nitrogens with zero attached hydrogens (tertiary/aromatic N) is 4. The Bertz CT molecular complexity index is 999. The number of methoxy groups -OCH3 is 1. The van der Waals surface area contributed by atoms with Gasteiger partial charge < -0.3 is 13.7 Å². The van der Waals surface area contributed by atoms with Crippen LogP contribution in [0, 0.1) is 6.92 Å². The van der Waals surface area contributed by atoms with Crippen molar-refractivity contribution in [2.75, 3.05) is 7.11 Å². The molecule has 0 spiro atoms. The lowest BCUT2D eigenvalue weighted by atomic mass is 10.1. The highest BCUT2D eigenvalue weighted by atomic mass is 16.5. The molecule has 0 N–H and O–H groups in total. The van der Waals surface area contributed by atoms with Crippen LogP contribution in [0.15, 0.2) is 57.6 Å². The van der Waals surface area contributed by atoms with Crippen molar-refractivity contribution in [3.05, 3.63) is 60.2 Å². The van der Waals surface area contributed by atoms with Crippen molar-refractivity contribution in [1.82, 2.24) is 20.2 Å². The van der Waals surface area contributed by atoms with Crippen LogP contribution < -0.4 is 4.74 Å². The fourth-order valence-corrected chi connectivity index (χ4v) is 2.59. The smallest absolute Gasteiger partial charge is 0.158 e. The monoisotopic (exact) mass is 336 g/mol. The number of hydrogen-bond acceptors (Lipinski definition) is 6. The van der Waals surface area contributed by atoms with Crippen LogP contribution in [0.1, 0.15) is 11.5 Å². The van der Waals surface area contributed by atoms with E-state index in [9.17, 15) is 0 Å². The molecular weight excluding hydrogens is 320 g/mol. The summed E-state index contributed by atoms with van der Waals surface area (Å²) in [7, 11) is 1.63. The summed E-state index contributed by atoms with van der Waals surface area (Å²) in [5.41, 5.74) is 2.28. The second-order valence-electron chi connectivity index (χ2n) is 5.59. The maximum absolute atomic E-state index is 5.56. The standard InChI is InChI=1S/C18H16N4O3/c1-12-7-8-18(24-12)16-11-22(21-19-16)10-13-9-15(20-25-13)14-5-3-4-6-17(14)23-2/h3-9,11H,10H2,1-2H3. The minimum Gasteiger partial charge on any atom is -0.496 e. The number of ether oxygens (including phenoxy) is 1. The summed E-state index contributed by atoms with van der Waals surface area (Å²) in [6.07, 6.45) is 1.81. The summed E-state index contributed by atoms with van der Waals surface area (Å²) in [5.74, 6) is 2.95. The molecule has 0 aliphatic heterocycles. The maximum atomic E-state index is 5.56. The van der Waals surface area contributed by atoms with Crippen molar-refractivity contribution in [2.45, 2.75) is 13.5 Å². The van der Waals surface area contributed by atoms with Crippen LogP contribution in [0.2, 0.25) is 0 Å². The van der Waals surface area contributed by atoms with Gasteiger partial charge in [0.25, 0.3) is 0 Å². The van der Waals surface area contributed by atoms with Crippen LogP contribution in [-0.4, -0.2) is 27.3 Å². The first kappa shape index (κ1) is 15.2. The molecule has 25 heavy (non-hydrogen) atoms. The van der Waals surface area contributed by atoms with Crippen LogP contribution in [0.25, 0.3) is 22.7 Å². The van der Waals surface area contributed by atoms with Gasteiger partial charge in [-0.1, -0.05) is 22.5 Å². The second-order valence-corrected chi connectivity index (χ2v) is 5.59. The Labute approximate surface area is 143 Å². The van der Waals surface area contributed by atoms with E-state index < -0.39 is 0 Å². The van der Waals surface area contributed by atoms with Gasteiger partial charge in [0.05, 0.1) is 13.3 Å². The van der Waals surface area contributed by atoms with Crippen LogP contribution in [0.5, 0.6) is 5.75 Å². The average Bonchev–Trinajstić information content (AvgIpc) is 3.36. The quantitative estimate of drug-likeness (QED) is 0.554. The highest BCUT2D eigenvalue weighted by Crippen LogP contribution is 2.29. The van der Waals surface area contributed by atoms with Crippen molar-refractivity contribution in [1.29, 1.82) is 0 Å². The number of furan rings is 1. The number of rotatable bonds is 5. The highest BCUT2D eigenvalue weighted by molar-refractivity contribution is 5.66. The fourth-order valence-electron chi connectivity index (χ4n) is 2.59. The predicted molar refractivity (Wildman–Crippen MR) is 90.1 cm³/mol. The molecule has 3 heterocycles. The first-order valence-corrected chi connectivity index (χ1v) is 7.79. The molecule has 0 fully saturated rings. The summed E-state index contributed by atoms with van der Waals surface area (Å²) in [6, 6.07) is 13.3. The van der Waals surface area contributed by atoms with E-state index in [-0.39, 0.29) is 0 Å². The maximum Gasteiger partial charge on any atom is 0.158 e. The molecule has 0 aliphatic rings. The Morgan fingerprint density at radius 2 is 2.00 bits per heavy atom. The third-order valence-corrected chi connectivity index (χ3v) is 3.79. The summed E-state index contributed by atoms with van der Waals surface area (Å²) in [6.45, 7) is 2.32. The first-order chi connectivity index (χ1) is 12.2. The molecule has 0 saturated heterocycles. The van der Waals surface area contributed by atoms with Gasteiger partial charge in [0.2, 0.25) is 0 Å². The second kappa shape index (κ2) is 6.27. The SMILES string of the molecule is COc1ccccc1-c1cc(Cn2cc(-c3ccc(C)o3)nn2)on1. The molecule has 0 aliphatic carbocycles. The number of hydrogen-bond donors (Lipinski definition) is 0. The molecule has 126 valence electrons. The lowest BCUT2D eigenvalue weighted by Crippen LogP contribution is -1.98. The molecule has 1 aromatic carbocycles. The van der Waals surface area contributed by atoms with Gasteiger partial charge in [0.15, 0.2) is 11.5 Å². The van der Waals surface area contributed by atoms with E-state index in [1.165, 1.54) is 0 Å². The average molecular weight is 336 g/mol. The van der Waals surface area contributed by atoms with E-state index in [0.29, 0.717) is 23.8 Å². The lowest BCUT2D eigenvalue weighted by molar-refractivity contribution is 0.371. The Morgan fingerprint density at radius 1 is 1.12 bits per heavy atom. The summed E-state index contributed by atoms with van der Waals surface area (Å²) >= 11 is 0. The Kier molecular flexibility index (Phi) is 3.81. The van der Waals surface area contributed by atoms with E-state index in [1.54, 1.807) is 11.8 Å². The molecule has 0 bridgehead atoms. The molecule has 4 aromatic rings. The van der Waals surface area contributed by atoms with E-state index in [2.05, 4.69) is 15.5 Å². The van der Waals surface area contributed by atoms with Crippen molar-refractivity contribution in [3.63, 3.8) is 0 Å². The van der Waals surface area contributed by atoms with Gasteiger partial charge in [0, 0.05) is 11.6 Å². The molecule has 0 amide bonds.